The average molecular weight is 518 g/mol. The largest absolute Gasteiger partial charge is 0.417 e. The lowest BCUT2D eigenvalue weighted by Crippen LogP contribution is -2.06. The molecule has 184 valence electrons. The number of allylic oxidation sites excluding steroid dienone is 10. The summed E-state index contributed by atoms with van der Waals surface area (Å²) in [6.45, 7) is 0. The molecule has 0 fully saturated rings. The Bertz CT molecular complexity index is 1530. The fourth-order valence-electron chi connectivity index (χ4n) is 3.95. The molecule has 2 aliphatic carbocycles. The molecule has 2 aromatic heterocycles. The van der Waals surface area contributed by atoms with Crippen molar-refractivity contribution in [3.05, 3.63) is 105 Å². The maximum absolute atomic E-state index is 13.0. The minimum absolute atomic E-state index is 0.0214. The standard InChI is InChI=1S/C26H8F6N6/c27-25(28,29)15-1-3-21(37-11-15)19-5-17-18(23(19)13(7-33)8-34)6-20(24(17)14(9-35)10-36)22-4-2-16(12-38-22)26(30,31)32/h1-6,11-12H. The summed E-state index contributed by atoms with van der Waals surface area (Å²) in [7, 11) is 0. The van der Waals surface area contributed by atoms with Gasteiger partial charge < -0.3 is 0 Å². The zero-order valence-electron chi connectivity index (χ0n) is 18.6. The van der Waals surface area contributed by atoms with E-state index in [1.165, 1.54) is 12.2 Å². The molecular formula is C26H8F6N6. The van der Waals surface area contributed by atoms with E-state index in [0.29, 0.717) is 12.4 Å². The highest BCUT2D eigenvalue weighted by molar-refractivity contribution is 6.04. The smallest absolute Gasteiger partial charge is 0.256 e. The first kappa shape index (κ1) is 25.6. The van der Waals surface area contributed by atoms with Crippen molar-refractivity contribution in [1.29, 1.82) is 21.0 Å². The fraction of sp³-hybridized carbons (Fsp3) is 0.0769. The first-order valence-corrected chi connectivity index (χ1v) is 10.3. The van der Waals surface area contributed by atoms with Gasteiger partial charge in [-0.2, -0.15) is 47.4 Å². The molecule has 0 aromatic carbocycles. The van der Waals surface area contributed by atoms with E-state index in [1.54, 1.807) is 24.3 Å². The van der Waals surface area contributed by atoms with Crippen LogP contribution in [0.1, 0.15) is 22.5 Å². The van der Waals surface area contributed by atoms with Crippen LogP contribution in [0.5, 0.6) is 0 Å². The molecule has 0 aliphatic heterocycles. The van der Waals surface area contributed by atoms with Crippen molar-refractivity contribution in [1.82, 2.24) is 9.97 Å². The van der Waals surface area contributed by atoms with Gasteiger partial charge in [-0.25, -0.2) is 0 Å². The second-order valence-corrected chi connectivity index (χ2v) is 7.75. The summed E-state index contributed by atoms with van der Waals surface area (Å²) >= 11 is 0. The molecule has 2 aliphatic rings. The number of aromatic nitrogens is 2. The minimum Gasteiger partial charge on any atom is -0.256 e. The van der Waals surface area contributed by atoms with Gasteiger partial charge in [0.05, 0.1) is 22.5 Å². The number of rotatable bonds is 2. The maximum Gasteiger partial charge on any atom is 0.417 e. The van der Waals surface area contributed by atoms with Gasteiger partial charge in [0, 0.05) is 34.7 Å². The average Bonchev–Trinajstić information content (AvgIpc) is 3.42. The van der Waals surface area contributed by atoms with Crippen LogP contribution in [0.25, 0.3) is 11.1 Å². The van der Waals surface area contributed by atoms with E-state index < -0.39 is 34.6 Å². The van der Waals surface area contributed by atoms with Crippen LogP contribution in [0.4, 0.5) is 26.3 Å². The third kappa shape index (κ3) is 4.32. The molecule has 2 heterocycles. The molecule has 2 aromatic rings. The zero-order chi connectivity index (χ0) is 27.8. The molecule has 4 rings (SSSR count). The lowest BCUT2D eigenvalue weighted by Gasteiger charge is -2.12. The van der Waals surface area contributed by atoms with E-state index in [2.05, 4.69) is 9.97 Å². The van der Waals surface area contributed by atoms with Crippen molar-refractivity contribution >= 4 is 11.1 Å². The van der Waals surface area contributed by atoms with Gasteiger partial charge >= 0.3 is 12.4 Å². The Kier molecular flexibility index (Phi) is 6.21. The van der Waals surface area contributed by atoms with E-state index in [1.807, 2.05) is 0 Å². The molecule has 0 bridgehead atoms. The number of halogens is 6. The van der Waals surface area contributed by atoms with Gasteiger partial charge in [0.25, 0.3) is 0 Å². The van der Waals surface area contributed by atoms with Crippen LogP contribution in [-0.2, 0) is 12.4 Å². The Balaban J connectivity index is 1.93. The summed E-state index contributed by atoms with van der Waals surface area (Å²) in [6.07, 6.45) is -5.45. The van der Waals surface area contributed by atoms with Crippen LogP contribution in [0, 0.1) is 45.3 Å². The highest BCUT2D eigenvalue weighted by Crippen LogP contribution is 2.51. The van der Waals surface area contributed by atoms with E-state index >= 15 is 0 Å². The molecule has 38 heavy (non-hydrogen) atoms. The lowest BCUT2D eigenvalue weighted by atomic mass is 9.93. The molecule has 0 saturated heterocycles. The number of nitriles is 4. The van der Waals surface area contributed by atoms with Crippen LogP contribution in [0.15, 0.2) is 82.2 Å². The highest BCUT2D eigenvalue weighted by Gasteiger charge is 2.37. The topological polar surface area (TPSA) is 121 Å². The zero-order valence-corrected chi connectivity index (χ0v) is 18.6. The van der Waals surface area contributed by atoms with Gasteiger partial charge in [-0.15, -0.1) is 0 Å². The van der Waals surface area contributed by atoms with E-state index in [0.717, 1.165) is 24.3 Å². The SMILES string of the molecule is N#CC(C#N)=C1C(c2ccc(C(F)(F)F)cn2)=CC2=C1C=C(c1ccc(C(F)(F)F)cn1)C2=C(C#N)C#N. The molecule has 0 amide bonds. The Morgan fingerprint density at radius 2 is 0.921 bits per heavy atom. The first-order valence-electron chi connectivity index (χ1n) is 10.3. The number of pyridine rings is 2. The Morgan fingerprint density at radius 1 is 0.579 bits per heavy atom. The van der Waals surface area contributed by atoms with Crippen LogP contribution in [-0.4, -0.2) is 9.97 Å². The molecule has 0 radical (unpaired) electrons. The summed E-state index contributed by atoms with van der Waals surface area (Å²) in [5, 5.41) is 38.3. The summed E-state index contributed by atoms with van der Waals surface area (Å²) in [5.41, 5.74) is -2.52. The third-order valence-electron chi connectivity index (χ3n) is 5.63. The van der Waals surface area contributed by atoms with Crippen LogP contribution < -0.4 is 0 Å². The quantitative estimate of drug-likeness (QED) is 0.356. The minimum atomic E-state index is -4.66. The normalized spacial score (nSPS) is 14.6. The van der Waals surface area contributed by atoms with Gasteiger partial charge in [0.1, 0.15) is 35.4 Å². The van der Waals surface area contributed by atoms with E-state index in [4.69, 9.17) is 0 Å². The molecule has 0 N–H and O–H groups in total. The Morgan fingerprint density at radius 3 is 1.16 bits per heavy atom. The van der Waals surface area contributed by atoms with Crippen molar-refractivity contribution in [2.45, 2.75) is 12.4 Å². The van der Waals surface area contributed by atoms with Gasteiger partial charge in [-0.05, 0) is 47.6 Å². The molecule has 0 atom stereocenters. The Hall–Kier alpha value is -5.46. The number of alkyl halides is 6. The second-order valence-electron chi connectivity index (χ2n) is 7.75. The van der Waals surface area contributed by atoms with Crippen LogP contribution in [0.3, 0.4) is 0 Å². The predicted molar refractivity (Wildman–Crippen MR) is 118 cm³/mol. The summed E-state index contributed by atoms with van der Waals surface area (Å²) in [5.74, 6) is 0. The lowest BCUT2D eigenvalue weighted by molar-refractivity contribution is -0.138. The molecule has 0 unspecified atom stereocenters. The van der Waals surface area contributed by atoms with Gasteiger partial charge in [0.15, 0.2) is 0 Å². The molecule has 12 heteroatoms. The fourth-order valence-corrected chi connectivity index (χ4v) is 3.95. The third-order valence-corrected chi connectivity index (χ3v) is 5.63. The van der Waals surface area contributed by atoms with E-state index in [9.17, 15) is 47.4 Å². The van der Waals surface area contributed by atoms with Crippen LogP contribution >= 0.6 is 0 Å². The number of hydrogen-bond donors (Lipinski definition) is 0. The predicted octanol–water partition coefficient (Wildman–Crippen LogP) is 5.99. The van der Waals surface area contributed by atoms with Crippen molar-refractivity contribution in [2.75, 3.05) is 0 Å². The summed E-state index contributed by atoms with van der Waals surface area (Å²) < 4.78 is 78.1. The van der Waals surface area contributed by atoms with Gasteiger partial charge in [-0.1, -0.05) is 0 Å². The van der Waals surface area contributed by atoms with E-state index in [-0.39, 0.29) is 44.8 Å². The van der Waals surface area contributed by atoms with Crippen molar-refractivity contribution in [3.63, 3.8) is 0 Å². The summed E-state index contributed by atoms with van der Waals surface area (Å²) in [6, 6.07) is 10.5. The highest BCUT2D eigenvalue weighted by atomic mass is 19.4. The monoisotopic (exact) mass is 518 g/mol. The van der Waals surface area contributed by atoms with Crippen LogP contribution in [0.2, 0.25) is 0 Å². The molecule has 0 saturated carbocycles. The van der Waals surface area contributed by atoms with Crippen molar-refractivity contribution in [2.24, 2.45) is 0 Å². The van der Waals surface area contributed by atoms with Gasteiger partial charge in [0.2, 0.25) is 0 Å². The van der Waals surface area contributed by atoms with Crippen molar-refractivity contribution < 1.29 is 26.3 Å². The number of hydrogen-bond acceptors (Lipinski definition) is 6. The Labute approximate surface area is 210 Å². The van der Waals surface area contributed by atoms with Crippen molar-refractivity contribution in [3.8, 4) is 24.3 Å². The van der Waals surface area contributed by atoms with Gasteiger partial charge in [-0.3, -0.25) is 9.97 Å². The molecular weight excluding hydrogens is 510 g/mol. The first-order chi connectivity index (χ1) is 17.9. The second kappa shape index (κ2) is 9.20. The molecule has 0 spiro atoms. The summed E-state index contributed by atoms with van der Waals surface area (Å²) in [4.78, 5) is 7.64. The number of nitrogens with zero attached hydrogens (tertiary/aromatic N) is 6. The maximum atomic E-state index is 13.0. The molecule has 6 nitrogen and oxygen atoms in total.